The highest BCUT2D eigenvalue weighted by Crippen LogP contribution is 2.27. The van der Waals surface area contributed by atoms with Gasteiger partial charge in [-0.2, -0.15) is 5.10 Å². The molecule has 0 aliphatic carbocycles. The third kappa shape index (κ3) is 5.07. The van der Waals surface area contributed by atoms with Gasteiger partial charge in [0.1, 0.15) is 11.5 Å². The second kappa shape index (κ2) is 9.98. The summed E-state index contributed by atoms with van der Waals surface area (Å²) in [6.45, 7) is 4.15. The van der Waals surface area contributed by atoms with Gasteiger partial charge in [-0.3, -0.25) is 5.10 Å². The van der Waals surface area contributed by atoms with Crippen LogP contribution in [0.5, 0.6) is 0 Å². The molecule has 9 nitrogen and oxygen atoms in total. The highest BCUT2D eigenvalue weighted by Gasteiger charge is 2.16. The number of rotatable bonds is 5. The van der Waals surface area contributed by atoms with Gasteiger partial charge in [0.15, 0.2) is 5.82 Å². The van der Waals surface area contributed by atoms with Gasteiger partial charge in [0.25, 0.3) is 0 Å². The minimum absolute atomic E-state index is 0.358. The second-order valence-electron chi connectivity index (χ2n) is 9.41. The number of carbonyl (C=O) groups is 1. The van der Waals surface area contributed by atoms with Gasteiger partial charge >= 0.3 is 6.03 Å². The molecule has 1 aliphatic heterocycles. The molecule has 3 heterocycles. The van der Waals surface area contributed by atoms with Gasteiger partial charge in [-0.25, -0.2) is 14.2 Å². The summed E-state index contributed by atoms with van der Waals surface area (Å²) in [5.74, 6) is 0.369. The monoisotopic (exact) mass is 510 g/mol. The van der Waals surface area contributed by atoms with Crippen molar-refractivity contribution in [2.24, 2.45) is 0 Å². The van der Waals surface area contributed by atoms with E-state index in [4.69, 9.17) is 4.98 Å². The number of imidazole rings is 1. The molecule has 192 valence electrons. The number of fused-ring (bicyclic) bond motifs is 1. The number of hydrogen-bond donors (Lipinski definition) is 4. The van der Waals surface area contributed by atoms with E-state index in [0.29, 0.717) is 11.4 Å². The van der Waals surface area contributed by atoms with Crippen molar-refractivity contribution in [3.05, 3.63) is 78.6 Å². The van der Waals surface area contributed by atoms with Crippen LogP contribution in [0, 0.1) is 5.82 Å². The number of H-pyrrole nitrogens is 2. The van der Waals surface area contributed by atoms with Crippen molar-refractivity contribution in [3.63, 3.8) is 0 Å². The molecule has 0 radical (unpaired) electrons. The van der Waals surface area contributed by atoms with Gasteiger partial charge in [-0.15, -0.1) is 0 Å². The van der Waals surface area contributed by atoms with Crippen molar-refractivity contribution in [3.8, 4) is 22.8 Å². The summed E-state index contributed by atoms with van der Waals surface area (Å²) in [4.78, 5) is 25.1. The highest BCUT2D eigenvalue weighted by molar-refractivity contribution is 5.99. The molecule has 0 saturated carbocycles. The molecule has 0 spiro atoms. The minimum atomic E-state index is -0.410. The number of halogens is 1. The Morgan fingerprint density at radius 1 is 0.895 bits per heavy atom. The Morgan fingerprint density at radius 3 is 2.29 bits per heavy atom. The summed E-state index contributed by atoms with van der Waals surface area (Å²) in [5.41, 5.74) is 6.67. The number of piperazine rings is 1. The smallest absolute Gasteiger partial charge is 0.323 e. The Labute approximate surface area is 218 Å². The van der Waals surface area contributed by atoms with Crippen molar-refractivity contribution in [1.29, 1.82) is 0 Å². The Morgan fingerprint density at radius 2 is 1.58 bits per heavy atom. The zero-order valence-corrected chi connectivity index (χ0v) is 20.8. The Bertz CT molecular complexity index is 1570. The number of amides is 2. The maximum atomic E-state index is 13.0. The SMILES string of the molecule is CN1CCN(c2ccc3nc(-c4cc(-c5ccc(NC(=O)Nc6ccc(F)cc6)cc5)n[nH]4)[nH]c3c2)CC1. The molecule has 1 saturated heterocycles. The molecule has 3 aromatic carbocycles. The fraction of sp³-hybridized carbons (Fsp3) is 0.179. The first-order valence-electron chi connectivity index (χ1n) is 12.4. The largest absolute Gasteiger partial charge is 0.369 e. The number of benzene rings is 3. The van der Waals surface area contributed by atoms with E-state index in [1.54, 1.807) is 12.1 Å². The summed E-state index contributed by atoms with van der Waals surface area (Å²) in [6, 6.07) is 20.8. The van der Waals surface area contributed by atoms with Crippen LogP contribution in [0.4, 0.5) is 26.2 Å². The maximum Gasteiger partial charge on any atom is 0.323 e. The Hall–Kier alpha value is -4.70. The van der Waals surface area contributed by atoms with Crippen molar-refractivity contribution in [2.45, 2.75) is 0 Å². The molecule has 1 aliphatic rings. The van der Waals surface area contributed by atoms with Crippen LogP contribution >= 0.6 is 0 Å². The molecule has 1 fully saturated rings. The van der Waals surface area contributed by atoms with E-state index >= 15 is 0 Å². The van der Waals surface area contributed by atoms with Crippen molar-refractivity contribution in [2.75, 3.05) is 48.8 Å². The van der Waals surface area contributed by atoms with E-state index in [-0.39, 0.29) is 5.82 Å². The predicted octanol–water partition coefficient (Wildman–Crippen LogP) is 5.15. The molecule has 38 heavy (non-hydrogen) atoms. The standard InChI is InChI=1S/C28H27FN8O/c1-36-12-14-37(15-13-36)22-10-11-23-25(16-22)33-27(32-23)26-17-24(34-35-26)18-2-6-20(7-3-18)30-28(38)31-21-8-4-19(29)5-9-21/h2-11,16-17H,12-15H2,1H3,(H,32,33)(H,34,35)(H2,30,31,38). The van der Waals surface area contributed by atoms with E-state index in [0.717, 1.165) is 60.0 Å². The van der Waals surface area contributed by atoms with Gasteiger partial charge in [0.2, 0.25) is 0 Å². The summed E-state index contributed by atoms with van der Waals surface area (Å²) in [7, 11) is 2.15. The van der Waals surface area contributed by atoms with Crippen LogP contribution in [0.15, 0.2) is 72.8 Å². The number of nitrogens with one attached hydrogen (secondary N) is 4. The van der Waals surface area contributed by atoms with Crippen LogP contribution in [0.3, 0.4) is 0 Å². The van der Waals surface area contributed by atoms with Crippen molar-refractivity contribution >= 4 is 34.1 Å². The summed E-state index contributed by atoms with van der Waals surface area (Å²) in [5, 5.41) is 13.0. The van der Waals surface area contributed by atoms with Gasteiger partial charge in [-0.1, -0.05) is 12.1 Å². The van der Waals surface area contributed by atoms with Crippen molar-refractivity contribution < 1.29 is 9.18 Å². The average Bonchev–Trinajstić information content (AvgIpc) is 3.58. The Balaban J connectivity index is 1.13. The molecule has 0 atom stereocenters. The number of carbonyl (C=O) groups excluding carboxylic acids is 1. The first kappa shape index (κ1) is 23.7. The molecule has 0 bridgehead atoms. The second-order valence-corrected chi connectivity index (χ2v) is 9.41. The van der Waals surface area contributed by atoms with Crippen LogP contribution in [0.25, 0.3) is 33.8 Å². The van der Waals surface area contributed by atoms with E-state index < -0.39 is 6.03 Å². The zero-order chi connectivity index (χ0) is 26.1. The predicted molar refractivity (Wildman–Crippen MR) is 148 cm³/mol. The molecule has 10 heteroatoms. The molecule has 5 aromatic rings. The van der Waals surface area contributed by atoms with E-state index in [1.165, 1.54) is 30.0 Å². The quantitative estimate of drug-likeness (QED) is 0.262. The number of aromatic amines is 2. The topological polar surface area (TPSA) is 105 Å². The number of nitrogens with zero attached hydrogens (tertiary/aromatic N) is 4. The van der Waals surface area contributed by atoms with Gasteiger partial charge in [-0.05, 0) is 67.7 Å². The fourth-order valence-electron chi connectivity index (χ4n) is 4.53. The molecular weight excluding hydrogens is 483 g/mol. The first-order valence-corrected chi connectivity index (χ1v) is 12.4. The van der Waals surface area contributed by atoms with Crippen LogP contribution in [0.2, 0.25) is 0 Å². The lowest BCUT2D eigenvalue weighted by atomic mass is 10.1. The Kier molecular flexibility index (Phi) is 6.22. The first-order chi connectivity index (χ1) is 18.5. The lowest BCUT2D eigenvalue weighted by Gasteiger charge is -2.34. The minimum Gasteiger partial charge on any atom is -0.369 e. The lowest BCUT2D eigenvalue weighted by Crippen LogP contribution is -2.44. The normalized spacial score (nSPS) is 14.1. The zero-order valence-electron chi connectivity index (χ0n) is 20.8. The number of aromatic nitrogens is 4. The fourth-order valence-corrected chi connectivity index (χ4v) is 4.53. The molecular formula is C28H27FN8O. The summed E-state index contributed by atoms with van der Waals surface area (Å²) < 4.78 is 13.0. The van der Waals surface area contributed by atoms with Crippen LogP contribution in [-0.4, -0.2) is 64.3 Å². The molecule has 4 N–H and O–H groups in total. The maximum absolute atomic E-state index is 13.0. The van der Waals surface area contributed by atoms with Crippen LogP contribution < -0.4 is 15.5 Å². The lowest BCUT2D eigenvalue weighted by molar-refractivity contribution is 0.262. The average molecular weight is 511 g/mol. The van der Waals surface area contributed by atoms with E-state index in [1.807, 2.05) is 18.2 Å². The van der Waals surface area contributed by atoms with E-state index in [2.05, 4.69) is 60.9 Å². The molecule has 6 rings (SSSR count). The third-order valence-corrected chi connectivity index (χ3v) is 6.71. The van der Waals surface area contributed by atoms with Crippen molar-refractivity contribution in [1.82, 2.24) is 25.1 Å². The van der Waals surface area contributed by atoms with Gasteiger partial charge in [0.05, 0.1) is 16.7 Å². The highest BCUT2D eigenvalue weighted by atomic mass is 19.1. The number of urea groups is 1. The van der Waals surface area contributed by atoms with Crippen LogP contribution in [-0.2, 0) is 0 Å². The number of likely N-dealkylation sites (N-methyl/N-ethyl adjacent to an activating group) is 1. The van der Waals surface area contributed by atoms with Gasteiger partial charge < -0.3 is 25.4 Å². The number of hydrogen-bond acceptors (Lipinski definition) is 5. The molecule has 2 aromatic heterocycles. The molecule has 0 unspecified atom stereocenters. The number of anilines is 3. The summed E-state index contributed by atoms with van der Waals surface area (Å²) in [6.07, 6.45) is 0. The third-order valence-electron chi connectivity index (χ3n) is 6.71. The van der Waals surface area contributed by atoms with Gasteiger partial charge in [0, 0.05) is 48.8 Å². The van der Waals surface area contributed by atoms with E-state index in [9.17, 15) is 9.18 Å². The van der Waals surface area contributed by atoms with Crippen LogP contribution in [0.1, 0.15) is 0 Å². The molecule has 2 amide bonds. The summed E-state index contributed by atoms with van der Waals surface area (Å²) >= 11 is 0.